The van der Waals surface area contributed by atoms with E-state index in [1.54, 1.807) is 0 Å². The van der Waals surface area contributed by atoms with Gasteiger partial charge in [0.1, 0.15) is 6.10 Å². The molecule has 0 unspecified atom stereocenters. The first-order valence-electron chi connectivity index (χ1n) is 23.3. The van der Waals surface area contributed by atoms with Gasteiger partial charge in [-0.15, -0.1) is 0 Å². The fraction of sp³-hybridized carbons (Fsp3) is 0.537. The van der Waals surface area contributed by atoms with E-state index in [0.717, 1.165) is 24.3 Å². The van der Waals surface area contributed by atoms with Crippen LogP contribution in [0.4, 0.5) is 11.4 Å². The fourth-order valence-corrected chi connectivity index (χ4v) is 10.3. The second kappa shape index (κ2) is 19.4. The minimum absolute atomic E-state index is 0.0378. The lowest BCUT2D eigenvalue weighted by Crippen LogP contribution is -2.29. The quantitative estimate of drug-likeness (QED) is 0.111. The van der Waals surface area contributed by atoms with Crippen molar-refractivity contribution in [3.05, 3.63) is 129 Å². The fourth-order valence-electron chi connectivity index (χ4n) is 10.3. The number of nitrogens with one attached hydrogen (secondary N) is 2. The van der Waals surface area contributed by atoms with Crippen molar-refractivity contribution in [2.75, 3.05) is 11.9 Å². The Morgan fingerprint density at radius 3 is 1.43 bits per heavy atom. The van der Waals surface area contributed by atoms with Gasteiger partial charge in [-0.1, -0.05) is 179 Å². The maximum Gasteiger partial charge on any atom is 0.294 e. The summed E-state index contributed by atoms with van der Waals surface area (Å²) < 4.78 is 7.18. The van der Waals surface area contributed by atoms with Gasteiger partial charge in [0.2, 0.25) is 0 Å². The molecule has 0 spiro atoms. The molecule has 1 aliphatic heterocycles. The summed E-state index contributed by atoms with van der Waals surface area (Å²) in [6.45, 7) is 19.0. The van der Waals surface area contributed by atoms with Crippen molar-refractivity contribution in [3.63, 3.8) is 0 Å². The van der Waals surface area contributed by atoms with E-state index < -0.39 is 0 Å². The molecule has 0 bridgehead atoms. The van der Waals surface area contributed by atoms with E-state index in [9.17, 15) is 0 Å². The summed E-state index contributed by atoms with van der Waals surface area (Å²) in [6, 6.07) is 33.8. The molecule has 7 rings (SSSR count). The summed E-state index contributed by atoms with van der Waals surface area (Å²) in [5, 5.41) is 7.87. The molecule has 1 heterocycles. The summed E-state index contributed by atoms with van der Waals surface area (Å²) >= 11 is 0. The van der Waals surface area contributed by atoms with E-state index in [-0.39, 0.29) is 18.1 Å². The van der Waals surface area contributed by atoms with Crippen molar-refractivity contribution in [1.82, 2.24) is 5.32 Å². The molecule has 4 aromatic rings. The third kappa shape index (κ3) is 9.93. The zero-order valence-corrected chi connectivity index (χ0v) is 37.1. The monoisotopic (exact) mass is 780 g/mol. The van der Waals surface area contributed by atoms with E-state index in [0.29, 0.717) is 41.5 Å². The number of rotatable bonds is 12. The standard InChI is InChI=1S/C54H73N3O/c1-35(2)46-21-15-22-47(36(3)4)52(46)56-54(57-53-48(37(5)6)23-16-24-49(53)38(7)8)58-45-33-50(55-34-45)51(43-29-25-41(26-30-43)39-17-11-9-12-18-39)44-31-27-42(28-32-44)40-19-13-10-14-20-40/h15-16,21-32,35-40,45,50-51,55H,9-14,17-20,33-34H2,1-8H3,(H,56,57)/t45-,50-/m1/s1. The average molecular weight is 780 g/mol. The van der Waals surface area contributed by atoms with Crippen LogP contribution in [0.25, 0.3) is 0 Å². The maximum absolute atomic E-state index is 7.18. The van der Waals surface area contributed by atoms with Gasteiger partial charge in [-0.2, -0.15) is 4.99 Å². The van der Waals surface area contributed by atoms with Crippen molar-refractivity contribution in [2.24, 2.45) is 4.99 Å². The van der Waals surface area contributed by atoms with E-state index in [2.05, 4.69) is 151 Å². The van der Waals surface area contributed by atoms with Gasteiger partial charge < -0.3 is 15.4 Å². The molecule has 4 heteroatoms. The Hall–Kier alpha value is -3.89. The van der Waals surface area contributed by atoms with Gasteiger partial charge in [0, 0.05) is 30.6 Å². The maximum atomic E-state index is 7.18. The molecule has 3 fully saturated rings. The molecule has 3 aliphatic rings. The number of para-hydroxylation sites is 2. The van der Waals surface area contributed by atoms with Crippen LogP contribution in [-0.4, -0.2) is 24.7 Å². The summed E-state index contributed by atoms with van der Waals surface area (Å²) in [5.74, 6) is 3.01. The molecule has 4 aromatic carbocycles. The zero-order chi connectivity index (χ0) is 40.8. The SMILES string of the molecule is CC(C)c1cccc(C(C)C)c1/N=C(\Nc1c(C(C)C)cccc1C(C)C)O[C@H]1CN[C@@H](C(c2ccc(C3CCCCC3)cc2)c2ccc(C3CCCCC3)cc2)C1. The molecular formula is C54H73N3O. The molecular weight excluding hydrogens is 707 g/mol. The minimum Gasteiger partial charge on any atom is -0.460 e. The van der Waals surface area contributed by atoms with Crippen LogP contribution in [0.5, 0.6) is 0 Å². The smallest absolute Gasteiger partial charge is 0.294 e. The van der Waals surface area contributed by atoms with E-state index in [1.165, 1.54) is 109 Å². The van der Waals surface area contributed by atoms with Crippen LogP contribution >= 0.6 is 0 Å². The molecule has 4 nitrogen and oxygen atoms in total. The number of anilines is 1. The van der Waals surface area contributed by atoms with Gasteiger partial charge >= 0.3 is 0 Å². The normalized spacial score (nSPS) is 19.9. The van der Waals surface area contributed by atoms with Gasteiger partial charge in [0.25, 0.3) is 6.02 Å². The van der Waals surface area contributed by atoms with Crippen LogP contribution in [-0.2, 0) is 4.74 Å². The molecule has 0 aromatic heterocycles. The van der Waals surface area contributed by atoms with Crippen molar-refractivity contribution in [1.29, 1.82) is 0 Å². The lowest BCUT2D eigenvalue weighted by Gasteiger charge is -2.28. The largest absolute Gasteiger partial charge is 0.460 e. The van der Waals surface area contributed by atoms with Crippen LogP contribution in [0.1, 0.15) is 212 Å². The lowest BCUT2D eigenvalue weighted by molar-refractivity contribution is 0.205. The molecule has 2 N–H and O–H groups in total. The van der Waals surface area contributed by atoms with Gasteiger partial charge in [-0.25, -0.2) is 0 Å². The number of hydrogen-bond donors (Lipinski definition) is 2. The number of aliphatic imine (C=N–C) groups is 1. The van der Waals surface area contributed by atoms with Crippen molar-refractivity contribution in [2.45, 2.75) is 180 Å². The van der Waals surface area contributed by atoms with Crippen LogP contribution in [0.15, 0.2) is 89.9 Å². The molecule has 0 radical (unpaired) electrons. The van der Waals surface area contributed by atoms with Gasteiger partial charge in [0.05, 0.1) is 5.69 Å². The summed E-state index contributed by atoms with van der Waals surface area (Å²) in [5.41, 5.74) is 13.1. The Labute approximate surface area is 352 Å². The Balaban J connectivity index is 1.23. The predicted molar refractivity (Wildman–Crippen MR) is 248 cm³/mol. The number of benzene rings is 4. The second-order valence-electron chi connectivity index (χ2n) is 19.2. The van der Waals surface area contributed by atoms with Crippen LogP contribution in [0, 0.1) is 0 Å². The Morgan fingerprint density at radius 1 is 0.569 bits per heavy atom. The highest BCUT2D eigenvalue weighted by molar-refractivity contribution is 5.93. The summed E-state index contributed by atoms with van der Waals surface area (Å²) in [4.78, 5) is 5.51. The molecule has 310 valence electrons. The van der Waals surface area contributed by atoms with Crippen molar-refractivity contribution in [3.8, 4) is 0 Å². The highest BCUT2D eigenvalue weighted by atomic mass is 16.5. The minimum atomic E-state index is -0.0378. The Morgan fingerprint density at radius 2 is 1.00 bits per heavy atom. The predicted octanol–water partition coefficient (Wildman–Crippen LogP) is 15.0. The van der Waals surface area contributed by atoms with Crippen LogP contribution in [0.2, 0.25) is 0 Å². The third-order valence-corrected chi connectivity index (χ3v) is 13.7. The summed E-state index contributed by atoms with van der Waals surface area (Å²) in [6.07, 6.45) is 14.4. The summed E-state index contributed by atoms with van der Waals surface area (Å²) in [7, 11) is 0. The van der Waals surface area contributed by atoms with Gasteiger partial charge in [-0.3, -0.25) is 0 Å². The van der Waals surface area contributed by atoms with Crippen molar-refractivity contribution >= 4 is 17.4 Å². The highest BCUT2D eigenvalue weighted by Crippen LogP contribution is 2.40. The molecule has 58 heavy (non-hydrogen) atoms. The topological polar surface area (TPSA) is 45.7 Å². The van der Waals surface area contributed by atoms with Crippen molar-refractivity contribution < 1.29 is 4.74 Å². The first kappa shape index (κ1) is 42.2. The van der Waals surface area contributed by atoms with Gasteiger partial charge in [0.15, 0.2) is 0 Å². The first-order chi connectivity index (χ1) is 28.1. The molecule has 2 aliphatic carbocycles. The Bertz CT molecular complexity index is 1830. The lowest BCUT2D eigenvalue weighted by atomic mass is 9.79. The van der Waals surface area contributed by atoms with E-state index >= 15 is 0 Å². The second-order valence-corrected chi connectivity index (χ2v) is 19.2. The van der Waals surface area contributed by atoms with Gasteiger partial charge in [-0.05, 0) is 106 Å². The first-order valence-corrected chi connectivity index (χ1v) is 23.3. The Kier molecular flexibility index (Phi) is 14.2. The highest BCUT2D eigenvalue weighted by Gasteiger charge is 2.35. The number of ether oxygens (including phenoxy) is 1. The molecule has 1 saturated heterocycles. The van der Waals surface area contributed by atoms with Crippen LogP contribution < -0.4 is 10.6 Å². The molecule has 0 amide bonds. The number of nitrogens with zero attached hydrogens (tertiary/aromatic N) is 1. The third-order valence-electron chi connectivity index (χ3n) is 13.7. The molecule has 2 atom stereocenters. The van der Waals surface area contributed by atoms with E-state index in [1.807, 2.05) is 0 Å². The number of hydrogen-bond acceptors (Lipinski definition) is 3. The van der Waals surface area contributed by atoms with Crippen LogP contribution in [0.3, 0.4) is 0 Å². The van der Waals surface area contributed by atoms with E-state index in [4.69, 9.17) is 9.73 Å². The zero-order valence-electron chi connectivity index (χ0n) is 37.1. The number of amidine groups is 1. The molecule has 2 saturated carbocycles. The average Bonchev–Trinajstić information content (AvgIpc) is 3.69.